The summed E-state index contributed by atoms with van der Waals surface area (Å²) in [7, 11) is 0. The molecule has 0 aliphatic heterocycles. The molecule has 0 saturated carbocycles. The van der Waals surface area contributed by atoms with Crippen molar-refractivity contribution in [2.75, 3.05) is 6.54 Å². The van der Waals surface area contributed by atoms with Crippen LogP contribution in [0.2, 0.25) is 0 Å². The van der Waals surface area contributed by atoms with Crippen LogP contribution < -0.4 is 5.32 Å². The number of hydrogen-bond donors (Lipinski definition) is 1. The molecule has 0 spiro atoms. The predicted octanol–water partition coefficient (Wildman–Crippen LogP) is 1.95. The molecule has 21 heavy (non-hydrogen) atoms. The van der Waals surface area contributed by atoms with Gasteiger partial charge in [-0.25, -0.2) is 4.98 Å². The Morgan fingerprint density at radius 2 is 2.38 bits per heavy atom. The van der Waals surface area contributed by atoms with Crippen molar-refractivity contribution in [2.24, 2.45) is 0 Å². The van der Waals surface area contributed by atoms with E-state index in [1.807, 2.05) is 10.8 Å². The second-order valence-electron chi connectivity index (χ2n) is 4.50. The van der Waals surface area contributed by atoms with Gasteiger partial charge in [-0.15, -0.1) is 0 Å². The van der Waals surface area contributed by atoms with Crippen LogP contribution in [0.25, 0.3) is 11.3 Å². The average molecular weight is 286 g/mol. The summed E-state index contributed by atoms with van der Waals surface area (Å²) in [4.78, 5) is 15.9. The molecule has 0 atom stereocenters. The van der Waals surface area contributed by atoms with E-state index in [-0.39, 0.29) is 11.6 Å². The lowest BCUT2D eigenvalue weighted by Gasteiger charge is -2.03. The predicted molar refractivity (Wildman–Crippen MR) is 73.4 cm³/mol. The van der Waals surface area contributed by atoms with Crippen LogP contribution in [0.3, 0.4) is 0 Å². The topological polar surface area (TPSA) is 86.1 Å². The van der Waals surface area contributed by atoms with Crippen molar-refractivity contribution in [3.05, 3.63) is 49.1 Å². The molecule has 0 fully saturated rings. The molecule has 7 nitrogen and oxygen atoms in total. The third kappa shape index (κ3) is 3.19. The lowest BCUT2D eigenvalue weighted by atomic mass is 10.2. The van der Waals surface area contributed by atoms with E-state index >= 15 is 0 Å². The van der Waals surface area contributed by atoms with E-state index in [1.54, 1.807) is 24.7 Å². The van der Waals surface area contributed by atoms with Gasteiger partial charge >= 0.3 is 0 Å². The van der Waals surface area contributed by atoms with Gasteiger partial charge < -0.3 is 18.8 Å². The monoisotopic (exact) mass is 286 g/mol. The molecular formula is C14H14N4O3. The molecule has 3 aromatic rings. The lowest BCUT2D eigenvalue weighted by molar-refractivity contribution is 0.0944. The molecule has 3 rings (SSSR count). The normalized spacial score (nSPS) is 10.7. The third-order valence-corrected chi connectivity index (χ3v) is 2.99. The molecule has 3 aromatic heterocycles. The number of nitrogens with one attached hydrogen (secondary N) is 1. The smallest absolute Gasteiger partial charge is 0.273 e. The first-order chi connectivity index (χ1) is 10.3. The maximum absolute atomic E-state index is 11.9. The highest BCUT2D eigenvalue weighted by Gasteiger charge is 2.13. The first-order valence-corrected chi connectivity index (χ1v) is 6.56. The van der Waals surface area contributed by atoms with Gasteiger partial charge in [-0.1, -0.05) is 5.16 Å². The number of amides is 1. The van der Waals surface area contributed by atoms with E-state index in [0.29, 0.717) is 12.3 Å². The van der Waals surface area contributed by atoms with Crippen LogP contribution in [0.15, 0.2) is 52.3 Å². The van der Waals surface area contributed by atoms with Gasteiger partial charge in [-0.05, 0) is 12.5 Å². The zero-order valence-electron chi connectivity index (χ0n) is 11.2. The molecule has 0 saturated heterocycles. The van der Waals surface area contributed by atoms with Gasteiger partial charge in [0, 0.05) is 31.5 Å². The maximum atomic E-state index is 11.9. The average Bonchev–Trinajstić information content (AvgIpc) is 3.25. The second-order valence-corrected chi connectivity index (χ2v) is 4.50. The summed E-state index contributed by atoms with van der Waals surface area (Å²) in [6.45, 7) is 1.37. The van der Waals surface area contributed by atoms with Crippen molar-refractivity contribution in [3.8, 4) is 11.3 Å². The molecule has 0 radical (unpaired) electrons. The van der Waals surface area contributed by atoms with Gasteiger partial charge in [0.2, 0.25) is 0 Å². The minimum Gasteiger partial charge on any atom is -0.472 e. The summed E-state index contributed by atoms with van der Waals surface area (Å²) in [5.41, 5.74) is 1.01. The third-order valence-electron chi connectivity index (χ3n) is 2.99. The van der Waals surface area contributed by atoms with Gasteiger partial charge in [-0.3, -0.25) is 4.79 Å². The van der Waals surface area contributed by atoms with Crippen molar-refractivity contribution in [3.63, 3.8) is 0 Å². The van der Waals surface area contributed by atoms with Gasteiger partial charge in [0.15, 0.2) is 11.5 Å². The van der Waals surface area contributed by atoms with E-state index < -0.39 is 0 Å². The highest BCUT2D eigenvalue weighted by Crippen LogP contribution is 2.20. The largest absolute Gasteiger partial charge is 0.472 e. The van der Waals surface area contributed by atoms with Crippen molar-refractivity contribution >= 4 is 5.91 Å². The van der Waals surface area contributed by atoms with E-state index in [2.05, 4.69) is 15.5 Å². The molecule has 0 unspecified atom stereocenters. The highest BCUT2D eigenvalue weighted by atomic mass is 16.5. The molecule has 3 heterocycles. The van der Waals surface area contributed by atoms with Crippen LogP contribution in [0.5, 0.6) is 0 Å². The van der Waals surface area contributed by atoms with Gasteiger partial charge in [-0.2, -0.15) is 0 Å². The number of imidazole rings is 1. The summed E-state index contributed by atoms with van der Waals surface area (Å²) in [5, 5.41) is 6.56. The number of aryl methyl sites for hydroxylation is 1. The quantitative estimate of drug-likeness (QED) is 0.700. The maximum Gasteiger partial charge on any atom is 0.273 e. The Morgan fingerprint density at radius 3 is 3.14 bits per heavy atom. The van der Waals surface area contributed by atoms with E-state index in [0.717, 1.165) is 18.5 Å². The Hall–Kier alpha value is -2.83. The summed E-state index contributed by atoms with van der Waals surface area (Å²) >= 11 is 0. The van der Waals surface area contributed by atoms with Crippen LogP contribution in [0.1, 0.15) is 16.9 Å². The molecular weight excluding hydrogens is 272 g/mol. The second kappa shape index (κ2) is 6.08. The van der Waals surface area contributed by atoms with Crippen LogP contribution in [0, 0.1) is 0 Å². The number of furan rings is 1. The summed E-state index contributed by atoms with van der Waals surface area (Å²) < 4.78 is 12.0. The molecule has 0 bridgehead atoms. The van der Waals surface area contributed by atoms with E-state index in [1.165, 1.54) is 12.5 Å². The number of carbonyl (C=O) groups is 1. The van der Waals surface area contributed by atoms with Crippen LogP contribution in [0.4, 0.5) is 0 Å². The van der Waals surface area contributed by atoms with Gasteiger partial charge in [0.25, 0.3) is 5.91 Å². The minimum absolute atomic E-state index is 0.251. The van der Waals surface area contributed by atoms with E-state index in [9.17, 15) is 4.79 Å². The summed E-state index contributed by atoms with van der Waals surface area (Å²) in [6, 6.07) is 3.34. The van der Waals surface area contributed by atoms with Crippen molar-refractivity contribution < 1.29 is 13.7 Å². The molecule has 7 heteroatoms. The van der Waals surface area contributed by atoms with Gasteiger partial charge in [0.1, 0.15) is 6.26 Å². The van der Waals surface area contributed by atoms with Crippen LogP contribution in [-0.2, 0) is 6.54 Å². The first-order valence-electron chi connectivity index (χ1n) is 6.56. The van der Waals surface area contributed by atoms with E-state index in [4.69, 9.17) is 8.94 Å². The minimum atomic E-state index is -0.251. The number of hydrogen-bond acceptors (Lipinski definition) is 5. The lowest BCUT2D eigenvalue weighted by Crippen LogP contribution is -2.25. The molecule has 1 amide bonds. The van der Waals surface area contributed by atoms with Gasteiger partial charge in [0.05, 0.1) is 18.2 Å². The zero-order valence-corrected chi connectivity index (χ0v) is 11.2. The fourth-order valence-electron chi connectivity index (χ4n) is 1.90. The Labute approximate surface area is 120 Å². The number of rotatable bonds is 6. The fraction of sp³-hybridized carbons (Fsp3) is 0.214. The van der Waals surface area contributed by atoms with Crippen molar-refractivity contribution in [1.82, 2.24) is 20.0 Å². The Balaban J connectivity index is 1.49. The summed E-state index contributed by atoms with van der Waals surface area (Å²) in [5.74, 6) is 0.256. The first kappa shape index (κ1) is 13.2. The molecule has 1 N–H and O–H groups in total. The zero-order chi connectivity index (χ0) is 14.5. The number of carbonyl (C=O) groups excluding carboxylic acids is 1. The van der Waals surface area contributed by atoms with Crippen LogP contribution >= 0.6 is 0 Å². The molecule has 0 aromatic carbocycles. The molecule has 0 aliphatic rings. The highest BCUT2D eigenvalue weighted by molar-refractivity contribution is 5.93. The van der Waals surface area contributed by atoms with Crippen molar-refractivity contribution in [1.29, 1.82) is 0 Å². The summed E-state index contributed by atoms with van der Waals surface area (Å²) in [6.07, 6.45) is 9.24. The Morgan fingerprint density at radius 1 is 1.43 bits per heavy atom. The Bertz CT molecular complexity index is 686. The number of aromatic nitrogens is 3. The SMILES string of the molecule is O=C(NCCCn1ccnc1)c1cc(-c2ccoc2)on1. The molecule has 0 aliphatic carbocycles. The molecule has 108 valence electrons. The number of nitrogens with zero attached hydrogens (tertiary/aromatic N) is 3. The standard InChI is InChI=1S/C14H14N4O3/c19-14(16-3-1-5-18-6-4-15-10-18)12-8-13(21-17-12)11-2-7-20-9-11/h2,4,6-10H,1,3,5H2,(H,16,19). The van der Waals surface area contributed by atoms with Crippen LogP contribution in [-0.4, -0.2) is 27.2 Å². The Kier molecular flexibility index (Phi) is 3.81. The fourth-order valence-corrected chi connectivity index (χ4v) is 1.90. The van der Waals surface area contributed by atoms with Crippen molar-refractivity contribution in [2.45, 2.75) is 13.0 Å².